The third-order valence-corrected chi connectivity index (χ3v) is 1.61. The third-order valence-electron chi connectivity index (χ3n) is 1.61. The Balaban J connectivity index is 2.55. The standard InChI is InChI=1S/C10H13NO2/c1-8-4-3-5-10(6-8)13-7-9(2)11-12/h3-6,12H,7H2,1-2H3/b11-9+. The van der Waals surface area contributed by atoms with E-state index < -0.39 is 0 Å². The highest BCUT2D eigenvalue weighted by Gasteiger charge is 1.95. The lowest BCUT2D eigenvalue weighted by molar-refractivity contribution is 0.307. The summed E-state index contributed by atoms with van der Waals surface area (Å²) in [5, 5.41) is 11.4. The summed E-state index contributed by atoms with van der Waals surface area (Å²) in [7, 11) is 0. The summed E-state index contributed by atoms with van der Waals surface area (Å²) in [6.07, 6.45) is 0. The van der Waals surface area contributed by atoms with E-state index in [1.165, 1.54) is 0 Å². The monoisotopic (exact) mass is 179 g/mol. The molecule has 0 saturated heterocycles. The molecule has 13 heavy (non-hydrogen) atoms. The maximum atomic E-state index is 8.38. The Bertz CT molecular complexity index is 308. The smallest absolute Gasteiger partial charge is 0.129 e. The molecular formula is C10H13NO2. The topological polar surface area (TPSA) is 41.8 Å². The van der Waals surface area contributed by atoms with Gasteiger partial charge in [-0.25, -0.2) is 0 Å². The Labute approximate surface area is 77.6 Å². The van der Waals surface area contributed by atoms with Crippen LogP contribution in [0.3, 0.4) is 0 Å². The van der Waals surface area contributed by atoms with Gasteiger partial charge in [0.15, 0.2) is 0 Å². The molecule has 0 spiro atoms. The molecule has 3 heteroatoms. The van der Waals surface area contributed by atoms with Crippen LogP contribution in [0.4, 0.5) is 0 Å². The molecule has 0 aliphatic carbocycles. The minimum Gasteiger partial charge on any atom is -0.488 e. The van der Waals surface area contributed by atoms with Crippen molar-refractivity contribution in [2.75, 3.05) is 6.61 Å². The summed E-state index contributed by atoms with van der Waals surface area (Å²) in [4.78, 5) is 0. The first-order valence-corrected chi connectivity index (χ1v) is 4.09. The van der Waals surface area contributed by atoms with Gasteiger partial charge in [0, 0.05) is 0 Å². The van der Waals surface area contributed by atoms with Gasteiger partial charge in [0.25, 0.3) is 0 Å². The first-order valence-electron chi connectivity index (χ1n) is 4.09. The molecule has 0 atom stereocenters. The number of hydrogen-bond acceptors (Lipinski definition) is 3. The quantitative estimate of drug-likeness (QED) is 0.439. The van der Waals surface area contributed by atoms with E-state index in [9.17, 15) is 0 Å². The van der Waals surface area contributed by atoms with Gasteiger partial charge < -0.3 is 9.94 Å². The molecular weight excluding hydrogens is 166 g/mol. The van der Waals surface area contributed by atoms with Crippen molar-refractivity contribution in [2.45, 2.75) is 13.8 Å². The largest absolute Gasteiger partial charge is 0.488 e. The Morgan fingerprint density at radius 1 is 1.54 bits per heavy atom. The molecule has 0 aliphatic heterocycles. The van der Waals surface area contributed by atoms with Gasteiger partial charge in [-0.15, -0.1) is 0 Å². The van der Waals surface area contributed by atoms with Gasteiger partial charge in [-0.2, -0.15) is 0 Å². The zero-order valence-corrected chi connectivity index (χ0v) is 7.82. The van der Waals surface area contributed by atoms with Crippen molar-refractivity contribution in [1.29, 1.82) is 0 Å². The summed E-state index contributed by atoms with van der Waals surface area (Å²) >= 11 is 0. The van der Waals surface area contributed by atoms with Gasteiger partial charge in [-0.1, -0.05) is 17.3 Å². The predicted octanol–water partition coefficient (Wildman–Crippen LogP) is 2.22. The van der Waals surface area contributed by atoms with E-state index in [0.29, 0.717) is 12.3 Å². The number of benzene rings is 1. The maximum absolute atomic E-state index is 8.38. The molecule has 1 rings (SSSR count). The molecule has 1 aromatic rings. The number of aryl methyl sites for hydroxylation is 1. The summed E-state index contributed by atoms with van der Waals surface area (Å²) < 4.78 is 5.35. The average molecular weight is 179 g/mol. The van der Waals surface area contributed by atoms with Crippen molar-refractivity contribution in [2.24, 2.45) is 5.16 Å². The highest BCUT2D eigenvalue weighted by molar-refractivity contribution is 5.82. The van der Waals surface area contributed by atoms with Gasteiger partial charge in [0.1, 0.15) is 12.4 Å². The first kappa shape index (κ1) is 9.58. The molecule has 0 aromatic heterocycles. The SMILES string of the molecule is C/C(COc1cccc(C)c1)=N\O. The van der Waals surface area contributed by atoms with Crippen LogP contribution in [-0.4, -0.2) is 17.5 Å². The van der Waals surface area contributed by atoms with E-state index in [-0.39, 0.29) is 0 Å². The molecule has 0 unspecified atom stereocenters. The average Bonchev–Trinajstić information content (AvgIpc) is 2.14. The Morgan fingerprint density at radius 3 is 2.92 bits per heavy atom. The zero-order valence-electron chi connectivity index (χ0n) is 7.82. The van der Waals surface area contributed by atoms with Crippen LogP contribution in [0.1, 0.15) is 12.5 Å². The molecule has 0 fully saturated rings. The Morgan fingerprint density at radius 2 is 2.31 bits per heavy atom. The predicted molar refractivity (Wildman–Crippen MR) is 51.6 cm³/mol. The van der Waals surface area contributed by atoms with E-state index in [1.807, 2.05) is 31.2 Å². The minimum absolute atomic E-state index is 0.319. The summed E-state index contributed by atoms with van der Waals surface area (Å²) in [6, 6.07) is 7.73. The number of hydrogen-bond donors (Lipinski definition) is 1. The van der Waals surface area contributed by atoms with E-state index in [1.54, 1.807) is 6.92 Å². The molecule has 70 valence electrons. The molecule has 0 heterocycles. The second-order valence-electron chi connectivity index (χ2n) is 2.94. The normalized spacial score (nSPS) is 11.4. The van der Waals surface area contributed by atoms with Gasteiger partial charge in [0.05, 0.1) is 5.71 Å². The third kappa shape index (κ3) is 3.15. The van der Waals surface area contributed by atoms with E-state index >= 15 is 0 Å². The van der Waals surface area contributed by atoms with Gasteiger partial charge in [0.2, 0.25) is 0 Å². The van der Waals surface area contributed by atoms with Crippen molar-refractivity contribution in [3.63, 3.8) is 0 Å². The van der Waals surface area contributed by atoms with Crippen molar-refractivity contribution < 1.29 is 9.94 Å². The van der Waals surface area contributed by atoms with Crippen LogP contribution in [0.15, 0.2) is 29.4 Å². The fraction of sp³-hybridized carbons (Fsp3) is 0.300. The number of nitrogens with zero attached hydrogens (tertiary/aromatic N) is 1. The summed E-state index contributed by atoms with van der Waals surface area (Å²) in [5.41, 5.74) is 1.71. The molecule has 0 bridgehead atoms. The molecule has 1 N–H and O–H groups in total. The van der Waals surface area contributed by atoms with Crippen LogP contribution >= 0.6 is 0 Å². The van der Waals surface area contributed by atoms with Crippen LogP contribution < -0.4 is 4.74 Å². The summed E-state index contributed by atoms with van der Waals surface area (Å²) in [5.74, 6) is 0.794. The van der Waals surface area contributed by atoms with Crippen LogP contribution in [0.2, 0.25) is 0 Å². The van der Waals surface area contributed by atoms with E-state index in [2.05, 4.69) is 5.16 Å². The van der Waals surface area contributed by atoms with Crippen LogP contribution in [0, 0.1) is 6.92 Å². The second kappa shape index (κ2) is 4.50. The maximum Gasteiger partial charge on any atom is 0.129 e. The molecule has 0 radical (unpaired) electrons. The van der Waals surface area contributed by atoms with Crippen LogP contribution in [0.25, 0.3) is 0 Å². The number of oxime groups is 1. The summed E-state index contributed by atoms with van der Waals surface area (Å²) in [6.45, 7) is 4.02. The Kier molecular flexibility index (Phi) is 3.31. The van der Waals surface area contributed by atoms with Gasteiger partial charge in [-0.3, -0.25) is 0 Å². The van der Waals surface area contributed by atoms with E-state index in [0.717, 1.165) is 11.3 Å². The molecule has 0 saturated carbocycles. The van der Waals surface area contributed by atoms with Gasteiger partial charge in [-0.05, 0) is 31.5 Å². The lowest BCUT2D eigenvalue weighted by Gasteiger charge is -2.04. The van der Waals surface area contributed by atoms with Crippen molar-refractivity contribution in [1.82, 2.24) is 0 Å². The highest BCUT2D eigenvalue weighted by atomic mass is 16.5. The van der Waals surface area contributed by atoms with Crippen LogP contribution in [-0.2, 0) is 0 Å². The lowest BCUT2D eigenvalue weighted by Crippen LogP contribution is -2.07. The number of ether oxygens (including phenoxy) is 1. The zero-order chi connectivity index (χ0) is 9.68. The first-order chi connectivity index (χ1) is 6.22. The fourth-order valence-corrected chi connectivity index (χ4v) is 0.922. The molecule has 1 aromatic carbocycles. The Hall–Kier alpha value is -1.51. The van der Waals surface area contributed by atoms with Gasteiger partial charge >= 0.3 is 0 Å². The van der Waals surface area contributed by atoms with Crippen molar-refractivity contribution in [3.8, 4) is 5.75 Å². The lowest BCUT2D eigenvalue weighted by atomic mass is 10.2. The molecule has 0 amide bonds. The minimum atomic E-state index is 0.319. The van der Waals surface area contributed by atoms with Crippen LogP contribution in [0.5, 0.6) is 5.75 Å². The van der Waals surface area contributed by atoms with E-state index in [4.69, 9.17) is 9.94 Å². The molecule has 0 aliphatic rings. The highest BCUT2D eigenvalue weighted by Crippen LogP contribution is 2.11. The van der Waals surface area contributed by atoms with Crippen molar-refractivity contribution in [3.05, 3.63) is 29.8 Å². The fourth-order valence-electron chi connectivity index (χ4n) is 0.922. The van der Waals surface area contributed by atoms with Crippen molar-refractivity contribution >= 4 is 5.71 Å². The second-order valence-corrected chi connectivity index (χ2v) is 2.94. The molecule has 3 nitrogen and oxygen atoms in total. The number of rotatable bonds is 3.